The lowest BCUT2D eigenvalue weighted by Gasteiger charge is -2.08. The molecule has 0 bridgehead atoms. The molecule has 1 N–H and O–H groups in total. The molecule has 0 amide bonds. The van der Waals surface area contributed by atoms with Crippen molar-refractivity contribution < 1.29 is 22.3 Å². The zero-order valence-corrected chi connectivity index (χ0v) is 15.0. The summed E-state index contributed by atoms with van der Waals surface area (Å²) in [5.41, 5.74) is 0.944. The highest BCUT2D eigenvalue weighted by molar-refractivity contribution is 7.89. The monoisotopic (exact) mass is 387 g/mol. The van der Waals surface area contributed by atoms with Gasteiger partial charge in [0.05, 0.1) is 21.5 Å². The molecule has 0 atom stereocenters. The third-order valence-corrected chi connectivity index (χ3v) is 5.38. The fourth-order valence-electron chi connectivity index (χ4n) is 2.58. The molecular weight excluding hydrogens is 373 g/mol. The van der Waals surface area contributed by atoms with Crippen molar-refractivity contribution in [1.82, 2.24) is 9.12 Å². The minimum atomic E-state index is -3.84. The molecule has 9 heteroatoms. The van der Waals surface area contributed by atoms with Crippen LogP contribution >= 0.6 is 0 Å². The molecule has 3 rings (SSSR count). The van der Waals surface area contributed by atoms with Gasteiger partial charge in [-0.15, -0.1) is 0 Å². The van der Waals surface area contributed by atoms with Crippen LogP contribution in [0.5, 0.6) is 0 Å². The Morgan fingerprint density at radius 2 is 2.11 bits per heavy atom. The first kappa shape index (κ1) is 18.6. The molecule has 0 spiro atoms. The van der Waals surface area contributed by atoms with Crippen LogP contribution in [0.3, 0.4) is 0 Å². The van der Waals surface area contributed by atoms with Crippen LogP contribution in [0.2, 0.25) is 0 Å². The van der Waals surface area contributed by atoms with Gasteiger partial charge in [0.25, 0.3) is 0 Å². The maximum atomic E-state index is 14.0. The molecule has 0 fully saturated rings. The van der Waals surface area contributed by atoms with Crippen LogP contribution in [-0.4, -0.2) is 25.8 Å². The molecule has 0 aliphatic rings. The van der Waals surface area contributed by atoms with Crippen molar-refractivity contribution in [3.63, 3.8) is 0 Å². The Morgan fingerprint density at radius 1 is 1.33 bits per heavy atom. The SMILES string of the molecule is CNS(=O)(=O)c1ccc(F)c(C(=O)OCc2cn3ccccc3c2C#N)c1. The molecule has 138 valence electrons. The standard InChI is InChI=1S/C18H14FN3O4S/c1-21-27(24,25)13-5-6-16(19)14(8-13)18(23)26-11-12-10-22-7-3-2-4-17(22)15(12)9-20/h2-8,10,21H,11H2,1H3. The predicted octanol–water partition coefficient (Wildman–Crippen LogP) is 2.22. The first-order chi connectivity index (χ1) is 12.9. The number of halogens is 1. The van der Waals surface area contributed by atoms with E-state index in [0.29, 0.717) is 16.6 Å². The highest BCUT2D eigenvalue weighted by Gasteiger charge is 2.20. The van der Waals surface area contributed by atoms with Crippen LogP contribution in [0.15, 0.2) is 53.7 Å². The zero-order chi connectivity index (χ0) is 19.6. The fourth-order valence-corrected chi connectivity index (χ4v) is 3.34. The quantitative estimate of drug-likeness (QED) is 0.677. The van der Waals surface area contributed by atoms with Gasteiger partial charge in [-0.1, -0.05) is 6.07 Å². The van der Waals surface area contributed by atoms with E-state index in [1.54, 1.807) is 35.0 Å². The van der Waals surface area contributed by atoms with E-state index in [-0.39, 0.29) is 11.5 Å². The second-order valence-electron chi connectivity index (χ2n) is 5.56. The molecule has 2 aromatic heterocycles. The van der Waals surface area contributed by atoms with Gasteiger partial charge < -0.3 is 9.14 Å². The lowest BCUT2D eigenvalue weighted by atomic mass is 10.2. The summed E-state index contributed by atoms with van der Waals surface area (Å²) in [6.45, 7) is -0.258. The van der Waals surface area contributed by atoms with Crippen LogP contribution in [0, 0.1) is 17.1 Å². The van der Waals surface area contributed by atoms with Crippen molar-refractivity contribution in [3.05, 3.63) is 71.3 Å². The molecule has 0 saturated heterocycles. The number of esters is 1. The van der Waals surface area contributed by atoms with Crippen LogP contribution in [-0.2, 0) is 21.4 Å². The van der Waals surface area contributed by atoms with E-state index in [0.717, 1.165) is 18.2 Å². The summed E-state index contributed by atoms with van der Waals surface area (Å²) < 4.78 is 46.5. The van der Waals surface area contributed by atoms with Gasteiger partial charge in [0.15, 0.2) is 0 Å². The lowest BCUT2D eigenvalue weighted by Crippen LogP contribution is -2.19. The molecule has 27 heavy (non-hydrogen) atoms. The molecule has 3 aromatic rings. The van der Waals surface area contributed by atoms with Crippen molar-refractivity contribution in [2.24, 2.45) is 0 Å². The third-order valence-electron chi connectivity index (χ3n) is 3.97. The number of hydrogen-bond donors (Lipinski definition) is 1. The van der Waals surface area contributed by atoms with Crippen molar-refractivity contribution in [3.8, 4) is 6.07 Å². The van der Waals surface area contributed by atoms with Gasteiger partial charge in [-0.3, -0.25) is 0 Å². The van der Waals surface area contributed by atoms with E-state index in [1.165, 1.54) is 7.05 Å². The number of aromatic nitrogens is 1. The van der Waals surface area contributed by atoms with Gasteiger partial charge in [0.1, 0.15) is 18.5 Å². The Hall–Kier alpha value is -3.22. The number of benzene rings is 1. The van der Waals surface area contributed by atoms with Crippen molar-refractivity contribution in [1.29, 1.82) is 5.26 Å². The summed E-state index contributed by atoms with van der Waals surface area (Å²) in [4.78, 5) is 12.0. The first-order valence-corrected chi connectivity index (χ1v) is 9.24. The van der Waals surface area contributed by atoms with Gasteiger partial charge in [0, 0.05) is 18.0 Å². The van der Waals surface area contributed by atoms with Crippen LogP contribution in [0.4, 0.5) is 4.39 Å². The van der Waals surface area contributed by atoms with E-state index in [1.807, 2.05) is 0 Å². The molecule has 1 aromatic carbocycles. The Bertz CT molecular complexity index is 1180. The van der Waals surface area contributed by atoms with E-state index in [9.17, 15) is 22.9 Å². The minimum Gasteiger partial charge on any atom is -0.457 e. The summed E-state index contributed by atoms with van der Waals surface area (Å²) >= 11 is 0. The fraction of sp³-hybridized carbons (Fsp3) is 0.111. The highest BCUT2D eigenvalue weighted by atomic mass is 32.2. The maximum absolute atomic E-state index is 14.0. The van der Waals surface area contributed by atoms with Crippen LogP contribution in [0.1, 0.15) is 21.5 Å². The predicted molar refractivity (Wildman–Crippen MR) is 93.9 cm³/mol. The molecule has 0 radical (unpaired) electrons. The smallest absolute Gasteiger partial charge is 0.341 e. The van der Waals surface area contributed by atoms with Gasteiger partial charge in [0.2, 0.25) is 10.0 Å². The lowest BCUT2D eigenvalue weighted by molar-refractivity contribution is 0.0467. The van der Waals surface area contributed by atoms with E-state index >= 15 is 0 Å². The number of ether oxygens (including phenoxy) is 1. The van der Waals surface area contributed by atoms with Gasteiger partial charge in [-0.05, 0) is 37.4 Å². The van der Waals surface area contributed by atoms with E-state index < -0.39 is 27.4 Å². The molecule has 0 unspecified atom stereocenters. The number of nitrogens with one attached hydrogen (secondary N) is 1. The van der Waals surface area contributed by atoms with Crippen LogP contribution < -0.4 is 4.72 Å². The number of pyridine rings is 1. The van der Waals surface area contributed by atoms with Crippen LogP contribution in [0.25, 0.3) is 5.52 Å². The molecule has 0 aliphatic heterocycles. The summed E-state index contributed by atoms with van der Waals surface area (Å²) in [7, 11) is -2.63. The maximum Gasteiger partial charge on any atom is 0.341 e. The number of nitrogens with zero attached hydrogens (tertiary/aromatic N) is 2. The Balaban J connectivity index is 1.87. The van der Waals surface area contributed by atoms with Crippen molar-refractivity contribution in [2.45, 2.75) is 11.5 Å². The number of fused-ring (bicyclic) bond motifs is 1. The summed E-state index contributed by atoms with van der Waals surface area (Å²) in [6, 6.07) is 10.2. The largest absolute Gasteiger partial charge is 0.457 e. The first-order valence-electron chi connectivity index (χ1n) is 7.76. The summed E-state index contributed by atoms with van der Waals surface area (Å²) in [5.74, 6) is -1.93. The van der Waals surface area contributed by atoms with Gasteiger partial charge in [-0.25, -0.2) is 22.3 Å². The number of carbonyl (C=O) groups is 1. The highest BCUT2D eigenvalue weighted by Crippen LogP contribution is 2.20. The number of rotatable bonds is 5. The Morgan fingerprint density at radius 3 is 2.81 bits per heavy atom. The number of sulfonamides is 1. The average Bonchev–Trinajstić information content (AvgIpc) is 3.03. The van der Waals surface area contributed by atoms with Gasteiger partial charge >= 0.3 is 5.97 Å². The molecule has 0 saturated carbocycles. The van der Waals surface area contributed by atoms with Crippen molar-refractivity contribution in [2.75, 3.05) is 7.05 Å². The van der Waals surface area contributed by atoms with E-state index in [4.69, 9.17) is 4.74 Å². The normalized spacial score (nSPS) is 11.3. The van der Waals surface area contributed by atoms with Crippen molar-refractivity contribution >= 4 is 21.5 Å². The van der Waals surface area contributed by atoms with E-state index in [2.05, 4.69) is 10.8 Å². The average molecular weight is 387 g/mol. The zero-order valence-electron chi connectivity index (χ0n) is 14.1. The van der Waals surface area contributed by atoms with Gasteiger partial charge in [-0.2, -0.15) is 5.26 Å². The third kappa shape index (κ3) is 3.53. The number of nitriles is 1. The second kappa shape index (κ2) is 7.19. The second-order valence-corrected chi connectivity index (χ2v) is 7.45. The summed E-state index contributed by atoms with van der Waals surface area (Å²) in [6.07, 6.45) is 3.38. The molecule has 7 nitrogen and oxygen atoms in total. The molecule has 2 heterocycles. The Labute approximate surface area is 154 Å². The molecule has 0 aliphatic carbocycles. The molecular formula is C18H14FN3O4S. The summed E-state index contributed by atoms with van der Waals surface area (Å²) in [5, 5.41) is 9.35. The number of carbonyl (C=O) groups excluding carboxylic acids is 1. The topological polar surface area (TPSA) is 101 Å². The minimum absolute atomic E-state index is 0.258. The number of hydrogen-bond acceptors (Lipinski definition) is 5. The Kier molecular flexibility index (Phi) is 4.94.